The van der Waals surface area contributed by atoms with Crippen LogP contribution in [0.5, 0.6) is 0 Å². The third-order valence-corrected chi connectivity index (χ3v) is 2.42. The van der Waals surface area contributed by atoms with Crippen LogP contribution in [0.3, 0.4) is 0 Å². The van der Waals surface area contributed by atoms with Crippen LogP contribution in [0.2, 0.25) is 0 Å². The third-order valence-electron chi connectivity index (χ3n) is 2.42. The standard InChI is InChI=1S/C10H14N2O/c11-8-1-3-9(4-2-8)12-6-5-10(13)7-12/h1-4,10,13H,5-7,11H2/t10-/m1/s1. The van der Waals surface area contributed by atoms with Crippen molar-refractivity contribution in [3.05, 3.63) is 24.3 Å². The van der Waals surface area contributed by atoms with Gasteiger partial charge in [0.05, 0.1) is 6.10 Å². The predicted octanol–water partition coefficient (Wildman–Crippen LogP) is 0.840. The van der Waals surface area contributed by atoms with Gasteiger partial charge in [-0.1, -0.05) is 0 Å². The van der Waals surface area contributed by atoms with Crippen LogP contribution in [0, 0.1) is 0 Å². The number of anilines is 2. The molecule has 1 aromatic rings. The van der Waals surface area contributed by atoms with Gasteiger partial charge in [0.2, 0.25) is 0 Å². The van der Waals surface area contributed by atoms with Crippen LogP contribution in [-0.2, 0) is 0 Å². The van der Waals surface area contributed by atoms with Gasteiger partial charge in [-0.05, 0) is 30.7 Å². The van der Waals surface area contributed by atoms with Crippen LogP contribution in [0.25, 0.3) is 0 Å². The highest BCUT2D eigenvalue weighted by Gasteiger charge is 2.19. The molecule has 1 saturated heterocycles. The number of benzene rings is 1. The molecule has 0 unspecified atom stereocenters. The van der Waals surface area contributed by atoms with E-state index in [1.165, 1.54) is 0 Å². The van der Waals surface area contributed by atoms with Crippen molar-refractivity contribution >= 4 is 11.4 Å². The van der Waals surface area contributed by atoms with Crippen molar-refractivity contribution in [2.45, 2.75) is 12.5 Å². The zero-order valence-electron chi connectivity index (χ0n) is 7.48. The second kappa shape index (κ2) is 3.26. The summed E-state index contributed by atoms with van der Waals surface area (Å²) in [7, 11) is 0. The number of nitrogens with zero attached hydrogens (tertiary/aromatic N) is 1. The summed E-state index contributed by atoms with van der Waals surface area (Å²) in [6, 6.07) is 7.76. The third kappa shape index (κ3) is 1.75. The van der Waals surface area contributed by atoms with E-state index >= 15 is 0 Å². The minimum Gasteiger partial charge on any atom is -0.399 e. The Balaban J connectivity index is 2.13. The lowest BCUT2D eigenvalue weighted by atomic mass is 10.2. The van der Waals surface area contributed by atoms with Gasteiger partial charge in [0.15, 0.2) is 0 Å². The van der Waals surface area contributed by atoms with Gasteiger partial charge in [0.1, 0.15) is 0 Å². The molecule has 1 aliphatic heterocycles. The number of aliphatic hydroxyl groups excluding tert-OH is 1. The van der Waals surface area contributed by atoms with Crippen LogP contribution in [0.4, 0.5) is 11.4 Å². The van der Waals surface area contributed by atoms with E-state index in [4.69, 9.17) is 5.73 Å². The fourth-order valence-electron chi connectivity index (χ4n) is 1.66. The summed E-state index contributed by atoms with van der Waals surface area (Å²) in [5.74, 6) is 0. The monoisotopic (exact) mass is 178 g/mol. The summed E-state index contributed by atoms with van der Waals surface area (Å²) in [4.78, 5) is 2.17. The molecule has 70 valence electrons. The Bertz CT molecular complexity index is 283. The second-order valence-corrected chi connectivity index (χ2v) is 3.48. The Morgan fingerprint density at radius 2 is 2.00 bits per heavy atom. The molecular formula is C10H14N2O. The first-order valence-corrected chi connectivity index (χ1v) is 4.54. The van der Waals surface area contributed by atoms with Crippen molar-refractivity contribution < 1.29 is 5.11 Å². The zero-order valence-corrected chi connectivity index (χ0v) is 7.48. The van der Waals surface area contributed by atoms with Crippen molar-refractivity contribution in [3.8, 4) is 0 Å². The Kier molecular flexibility index (Phi) is 2.10. The Morgan fingerprint density at radius 1 is 1.31 bits per heavy atom. The maximum Gasteiger partial charge on any atom is 0.0731 e. The summed E-state index contributed by atoms with van der Waals surface area (Å²) >= 11 is 0. The summed E-state index contributed by atoms with van der Waals surface area (Å²) < 4.78 is 0. The average molecular weight is 178 g/mol. The van der Waals surface area contributed by atoms with Crippen LogP contribution >= 0.6 is 0 Å². The highest BCUT2D eigenvalue weighted by Crippen LogP contribution is 2.21. The van der Waals surface area contributed by atoms with Gasteiger partial charge in [0, 0.05) is 24.5 Å². The molecule has 1 heterocycles. The Morgan fingerprint density at radius 3 is 2.54 bits per heavy atom. The largest absolute Gasteiger partial charge is 0.399 e. The normalized spacial score (nSPS) is 22.2. The number of rotatable bonds is 1. The van der Waals surface area contributed by atoms with Crippen molar-refractivity contribution in [2.75, 3.05) is 23.7 Å². The molecule has 3 nitrogen and oxygen atoms in total. The average Bonchev–Trinajstić information content (AvgIpc) is 2.53. The molecule has 0 aliphatic carbocycles. The minimum atomic E-state index is -0.169. The number of nitrogens with two attached hydrogens (primary N) is 1. The van der Waals surface area contributed by atoms with Crippen molar-refractivity contribution in [1.29, 1.82) is 0 Å². The first-order chi connectivity index (χ1) is 6.25. The van der Waals surface area contributed by atoms with Gasteiger partial charge in [-0.25, -0.2) is 0 Å². The highest BCUT2D eigenvalue weighted by atomic mass is 16.3. The van der Waals surface area contributed by atoms with E-state index in [1.54, 1.807) is 0 Å². The molecule has 0 amide bonds. The number of hydrogen-bond donors (Lipinski definition) is 2. The van der Waals surface area contributed by atoms with Crippen LogP contribution in [0.15, 0.2) is 24.3 Å². The lowest BCUT2D eigenvalue weighted by Gasteiger charge is -2.17. The number of β-amino-alcohol motifs (C(OH)–C–C–N with tert-alkyl or cyclic N) is 1. The second-order valence-electron chi connectivity index (χ2n) is 3.48. The van der Waals surface area contributed by atoms with Gasteiger partial charge < -0.3 is 15.7 Å². The van der Waals surface area contributed by atoms with Crippen LogP contribution in [-0.4, -0.2) is 24.3 Å². The smallest absolute Gasteiger partial charge is 0.0731 e. The van der Waals surface area contributed by atoms with E-state index in [0.717, 1.165) is 30.9 Å². The maximum absolute atomic E-state index is 9.35. The molecule has 0 aromatic heterocycles. The number of nitrogen functional groups attached to an aromatic ring is 1. The fraction of sp³-hybridized carbons (Fsp3) is 0.400. The molecular weight excluding hydrogens is 164 g/mol. The van der Waals surface area contributed by atoms with E-state index in [1.807, 2.05) is 24.3 Å². The quantitative estimate of drug-likeness (QED) is 0.626. The highest BCUT2D eigenvalue weighted by molar-refractivity contribution is 5.53. The summed E-state index contributed by atoms with van der Waals surface area (Å²) in [5.41, 5.74) is 7.51. The van der Waals surface area contributed by atoms with Crippen molar-refractivity contribution in [3.63, 3.8) is 0 Å². The lowest BCUT2D eigenvalue weighted by Crippen LogP contribution is -2.20. The first kappa shape index (κ1) is 8.38. The van der Waals surface area contributed by atoms with Gasteiger partial charge >= 0.3 is 0 Å². The zero-order chi connectivity index (χ0) is 9.26. The van der Waals surface area contributed by atoms with Gasteiger partial charge in [-0.15, -0.1) is 0 Å². The van der Waals surface area contributed by atoms with Crippen molar-refractivity contribution in [2.24, 2.45) is 0 Å². The topological polar surface area (TPSA) is 49.5 Å². The minimum absolute atomic E-state index is 0.169. The SMILES string of the molecule is Nc1ccc(N2CC[C@@H](O)C2)cc1. The molecule has 0 bridgehead atoms. The summed E-state index contributed by atoms with van der Waals surface area (Å²) in [5, 5.41) is 9.35. The molecule has 0 saturated carbocycles. The summed E-state index contributed by atoms with van der Waals surface area (Å²) in [6.45, 7) is 1.68. The molecule has 3 heteroatoms. The number of aliphatic hydroxyl groups is 1. The Labute approximate surface area is 77.8 Å². The van der Waals surface area contributed by atoms with Gasteiger partial charge in [-0.2, -0.15) is 0 Å². The van der Waals surface area contributed by atoms with Crippen LogP contribution in [0.1, 0.15) is 6.42 Å². The molecule has 1 aliphatic rings. The molecule has 3 N–H and O–H groups in total. The van der Waals surface area contributed by atoms with E-state index in [2.05, 4.69) is 4.90 Å². The Hall–Kier alpha value is -1.22. The molecule has 2 rings (SSSR count). The maximum atomic E-state index is 9.35. The van der Waals surface area contributed by atoms with E-state index in [9.17, 15) is 5.11 Å². The molecule has 0 radical (unpaired) electrons. The summed E-state index contributed by atoms with van der Waals surface area (Å²) in [6.07, 6.45) is 0.697. The molecule has 1 fully saturated rings. The first-order valence-electron chi connectivity index (χ1n) is 4.54. The van der Waals surface area contributed by atoms with Gasteiger partial charge in [-0.3, -0.25) is 0 Å². The van der Waals surface area contributed by atoms with E-state index in [0.29, 0.717) is 0 Å². The van der Waals surface area contributed by atoms with Gasteiger partial charge in [0.25, 0.3) is 0 Å². The van der Waals surface area contributed by atoms with Crippen molar-refractivity contribution in [1.82, 2.24) is 0 Å². The van der Waals surface area contributed by atoms with E-state index in [-0.39, 0.29) is 6.10 Å². The van der Waals surface area contributed by atoms with E-state index < -0.39 is 0 Å². The molecule has 0 spiro atoms. The molecule has 13 heavy (non-hydrogen) atoms. The lowest BCUT2D eigenvalue weighted by molar-refractivity contribution is 0.198. The predicted molar refractivity (Wildman–Crippen MR) is 53.7 cm³/mol. The number of hydrogen-bond acceptors (Lipinski definition) is 3. The molecule has 1 atom stereocenters. The van der Waals surface area contributed by atoms with Crippen LogP contribution < -0.4 is 10.6 Å². The fourth-order valence-corrected chi connectivity index (χ4v) is 1.66. The molecule has 1 aromatic carbocycles.